The van der Waals surface area contributed by atoms with Crippen LogP contribution < -0.4 is 10.6 Å². The second-order valence-corrected chi connectivity index (χ2v) is 6.84. The second kappa shape index (κ2) is 9.54. The number of hydrogen-bond donors (Lipinski definition) is 3. The summed E-state index contributed by atoms with van der Waals surface area (Å²) in [5.74, 6) is 2.35. The third-order valence-corrected chi connectivity index (χ3v) is 4.62. The molecule has 0 aliphatic heterocycles. The minimum atomic E-state index is -4.41. The molecule has 12 heteroatoms. The van der Waals surface area contributed by atoms with Gasteiger partial charge in [0.1, 0.15) is 5.82 Å². The summed E-state index contributed by atoms with van der Waals surface area (Å²) in [5.41, 5.74) is -0.854. The van der Waals surface area contributed by atoms with Crippen LogP contribution in [0.15, 0.2) is 33.2 Å². The van der Waals surface area contributed by atoms with Crippen molar-refractivity contribution in [1.82, 2.24) is 30.8 Å². The first kappa shape index (κ1) is 20.8. The molecular weight excluding hydrogens is 407 g/mol. The lowest BCUT2D eigenvalue weighted by atomic mass is 10.4. The van der Waals surface area contributed by atoms with E-state index in [9.17, 15) is 13.2 Å². The number of furan rings is 1. The number of aromatic amines is 1. The largest absolute Gasteiger partial charge is 0.461 e. The van der Waals surface area contributed by atoms with Crippen LogP contribution in [0.2, 0.25) is 0 Å². The van der Waals surface area contributed by atoms with Gasteiger partial charge in [0.25, 0.3) is 0 Å². The molecule has 8 nitrogen and oxygen atoms in total. The van der Waals surface area contributed by atoms with Gasteiger partial charge in [-0.05, 0) is 19.1 Å². The predicted molar refractivity (Wildman–Crippen MR) is 103 cm³/mol. The molecule has 0 unspecified atom stereocenters. The van der Waals surface area contributed by atoms with Crippen LogP contribution in [0, 0.1) is 0 Å². The predicted octanol–water partition coefficient (Wildman–Crippen LogP) is 2.88. The Labute approximate surface area is 168 Å². The Morgan fingerprint density at radius 3 is 2.83 bits per heavy atom. The van der Waals surface area contributed by atoms with E-state index in [-0.39, 0.29) is 0 Å². The summed E-state index contributed by atoms with van der Waals surface area (Å²) in [6.45, 7) is 3.46. The third-order valence-electron chi connectivity index (χ3n) is 3.71. The maximum absolute atomic E-state index is 12.6. The number of aliphatic imine (C=N–C) groups is 1. The van der Waals surface area contributed by atoms with E-state index < -0.39 is 11.9 Å². The Bertz CT molecular complexity index is 918. The van der Waals surface area contributed by atoms with E-state index in [2.05, 4.69) is 35.8 Å². The van der Waals surface area contributed by atoms with Crippen molar-refractivity contribution in [3.8, 4) is 11.6 Å². The molecule has 3 aromatic heterocycles. The Morgan fingerprint density at radius 1 is 1.28 bits per heavy atom. The smallest absolute Gasteiger partial charge is 0.434 e. The van der Waals surface area contributed by atoms with Gasteiger partial charge in [-0.25, -0.2) is 9.97 Å². The number of rotatable bonds is 8. The molecule has 3 rings (SSSR count). The molecular formula is C17H20F3N7OS. The quantitative estimate of drug-likeness (QED) is 0.377. The molecule has 3 N–H and O–H groups in total. The first-order valence-corrected chi connectivity index (χ1v) is 9.82. The fraction of sp³-hybridized carbons (Fsp3) is 0.412. The Morgan fingerprint density at radius 2 is 2.14 bits per heavy atom. The molecule has 29 heavy (non-hydrogen) atoms. The first-order chi connectivity index (χ1) is 14.0. The van der Waals surface area contributed by atoms with Crippen molar-refractivity contribution in [1.29, 1.82) is 0 Å². The molecule has 0 atom stereocenters. The van der Waals surface area contributed by atoms with E-state index in [4.69, 9.17) is 4.42 Å². The second-order valence-electron chi connectivity index (χ2n) is 5.89. The molecule has 0 aliphatic carbocycles. The lowest BCUT2D eigenvalue weighted by Crippen LogP contribution is -2.38. The zero-order valence-electron chi connectivity index (χ0n) is 15.6. The van der Waals surface area contributed by atoms with Gasteiger partial charge in [0.05, 0.1) is 11.3 Å². The fourth-order valence-corrected chi connectivity index (χ4v) is 3.18. The summed E-state index contributed by atoms with van der Waals surface area (Å²) in [7, 11) is 0. The highest BCUT2D eigenvalue weighted by atomic mass is 32.1. The molecule has 0 amide bonds. The summed E-state index contributed by atoms with van der Waals surface area (Å²) < 4.78 is 43.0. The monoisotopic (exact) mass is 427 g/mol. The van der Waals surface area contributed by atoms with Crippen LogP contribution in [-0.4, -0.2) is 45.8 Å². The Hall–Kier alpha value is -2.89. The highest BCUT2D eigenvalue weighted by molar-refractivity contribution is 7.09. The number of nitrogens with zero attached hydrogens (tertiary/aromatic N) is 4. The molecule has 0 spiro atoms. The van der Waals surface area contributed by atoms with Gasteiger partial charge in [0, 0.05) is 37.9 Å². The van der Waals surface area contributed by atoms with Crippen LogP contribution in [-0.2, 0) is 19.0 Å². The van der Waals surface area contributed by atoms with Crippen molar-refractivity contribution in [3.63, 3.8) is 0 Å². The maximum atomic E-state index is 12.6. The van der Waals surface area contributed by atoms with Gasteiger partial charge in [0.15, 0.2) is 17.4 Å². The molecule has 0 bridgehead atoms. The van der Waals surface area contributed by atoms with E-state index in [1.807, 2.05) is 6.92 Å². The lowest BCUT2D eigenvalue weighted by molar-refractivity contribution is -0.140. The van der Waals surface area contributed by atoms with Crippen LogP contribution in [0.5, 0.6) is 0 Å². The van der Waals surface area contributed by atoms with Gasteiger partial charge in [-0.1, -0.05) is 0 Å². The minimum absolute atomic E-state index is 0.324. The minimum Gasteiger partial charge on any atom is -0.461 e. The van der Waals surface area contributed by atoms with Gasteiger partial charge >= 0.3 is 6.18 Å². The number of H-pyrrole nitrogens is 1. The zero-order valence-corrected chi connectivity index (χ0v) is 16.4. The summed E-state index contributed by atoms with van der Waals surface area (Å²) >= 11 is 0.989. The van der Waals surface area contributed by atoms with Crippen molar-refractivity contribution in [2.24, 2.45) is 4.99 Å². The van der Waals surface area contributed by atoms with Crippen LogP contribution >= 0.6 is 11.3 Å². The van der Waals surface area contributed by atoms with Crippen molar-refractivity contribution < 1.29 is 17.6 Å². The first-order valence-electron chi connectivity index (χ1n) is 8.94. The van der Waals surface area contributed by atoms with Gasteiger partial charge in [-0.15, -0.1) is 11.3 Å². The molecule has 0 radical (unpaired) electrons. The summed E-state index contributed by atoms with van der Waals surface area (Å²) in [6.07, 6.45) is -1.93. The SMILES string of the molecule is CCNC(=NCCc1nc(C(F)(F)F)cs1)NCCc1nc(-c2ccco2)n[nH]1. The fourth-order valence-electron chi connectivity index (χ4n) is 2.38. The number of thiazole rings is 1. The van der Waals surface area contributed by atoms with Gasteiger partial charge in [-0.3, -0.25) is 10.1 Å². The molecule has 3 heterocycles. The number of nitrogens with one attached hydrogen (secondary N) is 3. The molecule has 0 fully saturated rings. The van der Waals surface area contributed by atoms with Crippen LogP contribution in [0.4, 0.5) is 13.2 Å². The number of guanidine groups is 1. The van der Waals surface area contributed by atoms with E-state index >= 15 is 0 Å². The summed E-state index contributed by atoms with van der Waals surface area (Å²) in [5, 5.41) is 14.6. The molecule has 0 saturated heterocycles. The molecule has 0 saturated carbocycles. The zero-order chi connectivity index (χ0) is 20.7. The maximum Gasteiger partial charge on any atom is 0.434 e. The van der Waals surface area contributed by atoms with Crippen LogP contribution in [0.3, 0.4) is 0 Å². The molecule has 3 aromatic rings. The summed E-state index contributed by atoms with van der Waals surface area (Å²) in [4.78, 5) is 12.3. The summed E-state index contributed by atoms with van der Waals surface area (Å²) in [6, 6.07) is 3.54. The third kappa shape index (κ3) is 6.04. The van der Waals surface area contributed by atoms with Crippen molar-refractivity contribution in [2.75, 3.05) is 19.6 Å². The topological polar surface area (TPSA) is 104 Å². The molecule has 0 aliphatic rings. The molecule has 156 valence electrons. The number of hydrogen-bond acceptors (Lipinski definition) is 6. The number of halogens is 3. The number of alkyl halides is 3. The lowest BCUT2D eigenvalue weighted by Gasteiger charge is -2.10. The van der Waals surface area contributed by atoms with Crippen LogP contribution in [0.25, 0.3) is 11.6 Å². The average molecular weight is 427 g/mol. The van der Waals surface area contributed by atoms with Gasteiger partial charge in [-0.2, -0.15) is 18.3 Å². The van der Waals surface area contributed by atoms with Crippen molar-refractivity contribution >= 4 is 17.3 Å². The van der Waals surface area contributed by atoms with E-state index in [0.717, 1.165) is 16.7 Å². The Balaban J connectivity index is 1.47. The van der Waals surface area contributed by atoms with Gasteiger partial charge in [0.2, 0.25) is 5.82 Å². The van der Waals surface area contributed by atoms with Crippen molar-refractivity contribution in [2.45, 2.75) is 25.9 Å². The van der Waals surface area contributed by atoms with Crippen molar-refractivity contribution in [3.05, 3.63) is 40.3 Å². The normalized spacial score (nSPS) is 12.3. The highest BCUT2D eigenvalue weighted by Gasteiger charge is 2.33. The van der Waals surface area contributed by atoms with Crippen LogP contribution in [0.1, 0.15) is 23.4 Å². The average Bonchev–Trinajstić information content (AvgIpc) is 3.42. The highest BCUT2D eigenvalue weighted by Crippen LogP contribution is 2.30. The van der Waals surface area contributed by atoms with E-state index in [1.165, 1.54) is 0 Å². The number of aromatic nitrogens is 4. The van der Waals surface area contributed by atoms with E-state index in [0.29, 0.717) is 60.9 Å². The van der Waals surface area contributed by atoms with E-state index in [1.54, 1.807) is 18.4 Å². The Kier molecular flexibility index (Phi) is 6.86. The molecule has 0 aromatic carbocycles. The van der Waals surface area contributed by atoms with Gasteiger partial charge < -0.3 is 15.1 Å². The standard InChI is InChI=1S/C17H20F3N7OS/c1-2-21-16(23-8-6-14-24-12(10-29-14)17(18,19)20)22-7-5-13-25-15(27-26-13)11-4-3-9-28-11/h3-4,9-10H,2,5-8H2,1H3,(H2,21,22,23)(H,25,26,27).